The number of Topliss-reactive ketones (excluding diaryl/α,β-unsaturated/α-hetero) is 1. The van der Waals surface area contributed by atoms with Crippen LogP contribution >= 0.6 is 11.5 Å². The molecule has 1 fully saturated rings. The summed E-state index contributed by atoms with van der Waals surface area (Å²) in [7, 11) is 0. The molecule has 0 aliphatic heterocycles. The SMILES string of the molecule is CC(=O)c1ccc(-c2ccn[nH]2)cc1.Cc1nsc(NC(=O)C2CCCCC2C)c1C#N. The van der Waals surface area contributed by atoms with Crippen molar-refractivity contribution >= 4 is 28.2 Å². The fraction of sp³-hybridized carbons (Fsp3) is 0.375. The highest BCUT2D eigenvalue weighted by molar-refractivity contribution is 7.10. The molecule has 1 aliphatic rings. The van der Waals surface area contributed by atoms with E-state index in [0.29, 0.717) is 22.2 Å². The van der Waals surface area contributed by atoms with Crippen LogP contribution in [0.3, 0.4) is 0 Å². The van der Waals surface area contributed by atoms with Gasteiger partial charge in [-0.3, -0.25) is 14.7 Å². The Bertz CT molecular complexity index is 1100. The lowest BCUT2D eigenvalue weighted by Crippen LogP contribution is -2.30. The Morgan fingerprint density at radius 3 is 2.50 bits per heavy atom. The second kappa shape index (κ2) is 10.8. The number of carbonyl (C=O) groups is 2. The zero-order valence-corrected chi connectivity index (χ0v) is 19.3. The number of carbonyl (C=O) groups excluding carboxylic acids is 2. The number of anilines is 1. The Morgan fingerprint density at radius 1 is 1.19 bits per heavy atom. The number of H-pyrrole nitrogens is 1. The van der Waals surface area contributed by atoms with Crippen LogP contribution in [-0.2, 0) is 4.79 Å². The summed E-state index contributed by atoms with van der Waals surface area (Å²) in [4.78, 5) is 23.2. The second-order valence-electron chi connectivity index (χ2n) is 8.05. The van der Waals surface area contributed by atoms with E-state index in [0.717, 1.165) is 36.1 Å². The molecular weight excluding hydrogens is 422 g/mol. The summed E-state index contributed by atoms with van der Waals surface area (Å²) in [6.45, 7) is 5.48. The number of hydrogen-bond acceptors (Lipinski definition) is 6. The van der Waals surface area contributed by atoms with Crippen LogP contribution in [0.4, 0.5) is 5.00 Å². The van der Waals surface area contributed by atoms with Crippen LogP contribution in [0.25, 0.3) is 11.3 Å². The number of aryl methyl sites for hydroxylation is 1. The number of aromatic nitrogens is 3. The van der Waals surface area contributed by atoms with Crippen LogP contribution in [-0.4, -0.2) is 26.3 Å². The van der Waals surface area contributed by atoms with Gasteiger partial charge >= 0.3 is 0 Å². The summed E-state index contributed by atoms with van der Waals surface area (Å²) < 4.78 is 4.11. The molecule has 0 bridgehead atoms. The number of amides is 1. The van der Waals surface area contributed by atoms with Gasteiger partial charge in [-0.05, 0) is 55.8 Å². The molecule has 2 heterocycles. The quantitative estimate of drug-likeness (QED) is 0.520. The third-order valence-corrected chi connectivity index (χ3v) is 6.62. The molecule has 8 heteroatoms. The number of hydrogen-bond donors (Lipinski definition) is 2. The zero-order valence-electron chi connectivity index (χ0n) is 18.5. The standard InChI is InChI=1S/C13H17N3OS.C11H10N2O/c1-8-5-3-4-6-10(8)12(17)15-13-11(7-14)9(2)16-18-13;1-8(14)9-2-4-10(5-3-9)11-6-7-12-13-11/h8,10H,3-6H2,1-2H3,(H,15,17);2-7H,1H3,(H,12,13). The van der Waals surface area contributed by atoms with E-state index >= 15 is 0 Å². The Balaban J connectivity index is 0.000000186. The van der Waals surface area contributed by atoms with Gasteiger partial charge in [-0.15, -0.1) is 0 Å². The van der Waals surface area contributed by atoms with Gasteiger partial charge in [0.15, 0.2) is 5.78 Å². The summed E-state index contributed by atoms with van der Waals surface area (Å²) in [5.74, 6) is 0.634. The number of ketones is 1. The minimum atomic E-state index is 0.0438. The molecule has 0 spiro atoms. The van der Waals surface area contributed by atoms with E-state index in [2.05, 4.69) is 32.9 Å². The Kier molecular flexibility index (Phi) is 7.90. The van der Waals surface area contributed by atoms with Gasteiger partial charge in [0.25, 0.3) is 0 Å². The third kappa shape index (κ3) is 5.68. The molecule has 166 valence electrons. The summed E-state index contributed by atoms with van der Waals surface area (Å²) in [5.41, 5.74) is 3.91. The van der Waals surface area contributed by atoms with E-state index in [1.54, 1.807) is 20.0 Å². The highest BCUT2D eigenvalue weighted by Crippen LogP contribution is 2.32. The van der Waals surface area contributed by atoms with E-state index in [-0.39, 0.29) is 17.6 Å². The minimum Gasteiger partial charge on any atom is -0.315 e. The fourth-order valence-electron chi connectivity index (χ4n) is 3.80. The number of rotatable bonds is 4. The van der Waals surface area contributed by atoms with Crippen LogP contribution in [0.15, 0.2) is 36.5 Å². The average Bonchev–Trinajstić information content (AvgIpc) is 3.44. The van der Waals surface area contributed by atoms with Crippen molar-refractivity contribution in [2.24, 2.45) is 11.8 Å². The van der Waals surface area contributed by atoms with Gasteiger partial charge in [0.2, 0.25) is 5.91 Å². The molecule has 2 unspecified atom stereocenters. The normalized spacial score (nSPS) is 17.6. The molecule has 0 radical (unpaired) electrons. The van der Waals surface area contributed by atoms with Gasteiger partial charge in [-0.25, -0.2) is 0 Å². The predicted molar refractivity (Wildman–Crippen MR) is 125 cm³/mol. The van der Waals surface area contributed by atoms with E-state index < -0.39 is 0 Å². The minimum absolute atomic E-state index is 0.0438. The zero-order chi connectivity index (χ0) is 23.1. The van der Waals surface area contributed by atoms with Crippen molar-refractivity contribution in [3.8, 4) is 17.3 Å². The maximum absolute atomic E-state index is 12.2. The molecule has 1 aliphatic carbocycles. The van der Waals surface area contributed by atoms with Crippen molar-refractivity contribution in [1.29, 1.82) is 5.26 Å². The summed E-state index contributed by atoms with van der Waals surface area (Å²) in [5, 5.41) is 19.2. The lowest BCUT2D eigenvalue weighted by atomic mass is 9.80. The molecule has 1 amide bonds. The van der Waals surface area contributed by atoms with Crippen molar-refractivity contribution in [1.82, 2.24) is 14.6 Å². The summed E-state index contributed by atoms with van der Waals surface area (Å²) >= 11 is 1.19. The lowest BCUT2D eigenvalue weighted by molar-refractivity contribution is -0.122. The predicted octanol–water partition coefficient (Wildman–Crippen LogP) is 5.37. The van der Waals surface area contributed by atoms with Gasteiger partial charge in [0, 0.05) is 17.7 Å². The van der Waals surface area contributed by atoms with Crippen LogP contribution in [0.1, 0.15) is 61.1 Å². The molecular formula is C24H27N5O2S. The Hall–Kier alpha value is -3.31. The number of aromatic amines is 1. The van der Waals surface area contributed by atoms with Crippen molar-refractivity contribution in [3.63, 3.8) is 0 Å². The molecule has 0 saturated heterocycles. The lowest BCUT2D eigenvalue weighted by Gasteiger charge is -2.27. The highest BCUT2D eigenvalue weighted by Gasteiger charge is 2.28. The van der Waals surface area contributed by atoms with E-state index in [1.165, 1.54) is 18.0 Å². The maximum Gasteiger partial charge on any atom is 0.228 e. The first-order chi connectivity index (χ1) is 15.4. The number of nitrogens with one attached hydrogen (secondary N) is 2. The van der Waals surface area contributed by atoms with Gasteiger partial charge in [-0.2, -0.15) is 14.7 Å². The first-order valence-corrected chi connectivity index (χ1v) is 11.5. The maximum atomic E-state index is 12.2. The molecule has 7 nitrogen and oxygen atoms in total. The number of nitriles is 1. The summed E-state index contributed by atoms with van der Waals surface area (Å²) in [6, 6.07) is 11.4. The largest absolute Gasteiger partial charge is 0.315 e. The van der Waals surface area contributed by atoms with Gasteiger partial charge in [0.05, 0.1) is 11.4 Å². The first-order valence-electron chi connectivity index (χ1n) is 10.7. The van der Waals surface area contributed by atoms with Gasteiger partial charge in [-0.1, -0.05) is 44.0 Å². The van der Waals surface area contributed by atoms with Crippen molar-refractivity contribution in [2.75, 3.05) is 5.32 Å². The average molecular weight is 450 g/mol. The smallest absolute Gasteiger partial charge is 0.228 e. The molecule has 32 heavy (non-hydrogen) atoms. The van der Waals surface area contributed by atoms with Crippen LogP contribution in [0.2, 0.25) is 0 Å². The van der Waals surface area contributed by atoms with Crippen LogP contribution in [0.5, 0.6) is 0 Å². The van der Waals surface area contributed by atoms with E-state index in [1.807, 2.05) is 30.3 Å². The number of nitrogens with zero attached hydrogens (tertiary/aromatic N) is 3. The monoisotopic (exact) mass is 449 g/mol. The topological polar surface area (TPSA) is 112 Å². The third-order valence-electron chi connectivity index (χ3n) is 5.76. The summed E-state index contributed by atoms with van der Waals surface area (Å²) in [6.07, 6.45) is 6.11. The molecule has 2 aromatic heterocycles. The van der Waals surface area contributed by atoms with Crippen molar-refractivity contribution in [2.45, 2.75) is 46.5 Å². The van der Waals surface area contributed by atoms with Crippen LogP contribution < -0.4 is 5.32 Å². The highest BCUT2D eigenvalue weighted by atomic mass is 32.1. The molecule has 3 aromatic rings. The molecule has 4 rings (SSSR count). The van der Waals surface area contributed by atoms with Gasteiger partial charge in [0.1, 0.15) is 16.6 Å². The molecule has 2 N–H and O–H groups in total. The number of benzene rings is 1. The van der Waals surface area contributed by atoms with Gasteiger partial charge < -0.3 is 5.32 Å². The van der Waals surface area contributed by atoms with E-state index in [9.17, 15) is 9.59 Å². The van der Waals surface area contributed by atoms with Crippen molar-refractivity contribution in [3.05, 3.63) is 53.3 Å². The first kappa shape index (κ1) is 23.4. The Labute approximate surface area is 192 Å². The van der Waals surface area contributed by atoms with E-state index in [4.69, 9.17) is 5.26 Å². The molecule has 2 atom stereocenters. The van der Waals surface area contributed by atoms with Crippen LogP contribution in [0, 0.1) is 30.1 Å². The second-order valence-corrected chi connectivity index (χ2v) is 8.82. The Morgan fingerprint density at radius 2 is 1.91 bits per heavy atom. The van der Waals surface area contributed by atoms with Crippen molar-refractivity contribution < 1.29 is 9.59 Å². The molecule has 1 saturated carbocycles. The fourth-order valence-corrected chi connectivity index (χ4v) is 4.55. The molecule has 1 aromatic carbocycles.